The molecule has 2 aliphatic heterocycles. The molecule has 1 saturated heterocycles. The molecular formula is C20H20N2O4. The van der Waals surface area contributed by atoms with Gasteiger partial charge in [0.1, 0.15) is 19.0 Å². The predicted octanol–water partition coefficient (Wildman–Crippen LogP) is 2.83. The molecule has 0 radical (unpaired) electrons. The van der Waals surface area contributed by atoms with E-state index >= 15 is 0 Å². The predicted molar refractivity (Wildman–Crippen MR) is 96.0 cm³/mol. The van der Waals surface area contributed by atoms with Crippen LogP contribution in [0.15, 0.2) is 48.5 Å². The molecule has 6 nitrogen and oxygen atoms in total. The molecule has 1 N–H and O–H groups in total. The molecule has 0 bridgehead atoms. The first-order valence-corrected chi connectivity index (χ1v) is 8.71. The van der Waals surface area contributed by atoms with Gasteiger partial charge in [0.25, 0.3) is 0 Å². The number of amides is 2. The number of hydrogen-bond donors (Lipinski definition) is 1. The zero-order chi connectivity index (χ0) is 17.9. The van der Waals surface area contributed by atoms with Gasteiger partial charge in [0, 0.05) is 12.2 Å². The second-order valence-electron chi connectivity index (χ2n) is 6.55. The normalized spacial score (nSPS) is 18.7. The molecule has 0 saturated carbocycles. The fourth-order valence-electron chi connectivity index (χ4n) is 3.28. The average Bonchev–Trinajstić information content (AvgIpc) is 3.06. The van der Waals surface area contributed by atoms with Crippen LogP contribution in [0.25, 0.3) is 0 Å². The minimum absolute atomic E-state index is 0.0581. The third-order valence-corrected chi connectivity index (χ3v) is 4.66. The van der Waals surface area contributed by atoms with Crippen LogP contribution in [0.5, 0.6) is 5.75 Å². The highest BCUT2D eigenvalue weighted by atomic mass is 16.6. The van der Waals surface area contributed by atoms with E-state index in [0.29, 0.717) is 32.7 Å². The van der Waals surface area contributed by atoms with Crippen LogP contribution in [0.1, 0.15) is 11.1 Å². The van der Waals surface area contributed by atoms with E-state index in [9.17, 15) is 9.59 Å². The van der Waals surface area contributed by atoms with Crippen molar-refractivity contribution in [2.75, 3.05) is 25.1 Å². The Morgan fingerprint density at radius 2 is 2.04 bits per heavy atom. The van der Waals surface area contributed by atoms with Gasteiger partial charge in [0.05, 0.1) is 12.5 Å². The summed E-state index contributed by atoms with van der Waals surface area (Å²) in [5.74, 6) is 0.579. The number of nitrogens with one attached hydrogen (secondary N) is 1. The maximum absolute atomic E-state index is 12.6. The summed E-state index contributed by atoms with van der Waals surface area (Å²) in [6.45, 7) is 1.87. The summed E-state index contributed by atoms with van der Waals surface area (Å²) in [6.07, 6.45) is 0.374. The summed E-state index contributed by atoms with van der Waals surface area (Å²) < 4.78 is 10.6. The summed E-state index contributed by atoms with van der Waals surface area (Å²) >= 11 is 0. The van der Waals surface area contributed by atoms with E-state index in [1.807, 2.05) is 48.5 Å². The molecule has 2 amide bonds. The van der Waals surface area contributed by atoms with E-state index in [1.165, 1.54) is 0 Å². The number of hydrogen-bond acceptors (Lipinski definition) is 4. The Morgan fingerprint density at radius 3 is 2.88 bits per heavy atom. The second kappa shape index (κ2) is 7.07. The molecule has 1 fully saturated rings. The van der Waals surface area contributed by atoms with Crippen LogP contribution in [0.2, 0.25) is 0 Å². The molecule has 6 heteroatoms. The zero-order valence-corrected chi connectivity index (χ0v) is 14.3. The van der Waals surface area contributed by atoms with Crippen molar-refractivity contribution < 1.29 is 19.1 Å². The van der Waals surface area contributed by atoms with Gasteiger partial charge >= 0.3 is 6.09 Å². The maximum Gasteiger partial charge on any atom is 0.410 e. The van der Waals surface area contributed by atoms with Gasteiger partial charge in [0.15, 0.2) is 0 Å². The Hall–Kier alpha value is -3.02. The number of cyclic esters (lactones) is 1. The highest BCUT2D eigenvalue weighted by molar-refractivity contribution is 5.93. The van der Waals surface area contributed by atoms with E-state index in [4.69, 9.17) is 9.47 Å². The highest BCUT2D eigenvalue weighted by Crippen LogP contribution is 2.27. The fourth-order valence-corrected chi connectivity index (χ4v) is 3.28. The van der Waals surface area contributed by atoms with Crippen molar-refractivity contribution in [2.24, 2.45) is 5.92 Å². The molecule has 4 rings (SSSR count). The molecule has 1 atom stereocenters. The van der Waals surface area contributed by atoms with Crippen LogP contribution in [-0.4, -0.2) is 36.7 Å². The zero-order valence-electron chi connectivity index (χ0n) is 14.3. The lowest BCUT2D eigenvalue weighted by Crippen LogP contribution is -2.32. The topological polar surface area (TPSA) is 67.9 Å². The van der Waals surface area contributed by atoms with Crippen molar-refractivity contribution in [3.8, 4) is 5.75 Å². The first-order chi connectivity index (χ1) is 12.7. The first-order valence-electron chi connectivity index (χ1n) is 8.71. The molecule has 0 spiro atoms. The van der Waals surface area contributed by atoms with Crippen LogP contribution >= 0.6 is 0 Å². The summed E-state index contributed by atoms with van der Waals surface area (Å²) in [7, 11) is 0. The lowest BCUT2D eigenvalue weighted by molar-refractivity contribution is -0.121. The lowest BCUT2D eigenvalue weighted by atomic mass is 9.96. The molecule has 2 aliphatic rings. The number of fused-ring (bicyclic) bond motifs is 1. The summed E-state index contributed by atoms with van der Waals surface area (Å²) in [4.78, 5) is 25.8. The van der Waals surface area contributed by atoms with Gasteiger partial charge < -0.3 is 19.7 Å². The quantitative estimate of drug-likeness (QED) is 0.919. The van der Waals surface area contributed by atoms with Crippen molar-refractivity contribution in [3.63, 3.8) is 0 Å². The van der Waals surface area contributed by atoms with E-state index in [1.54, 1.807) is 4.90 Å². The van der Waals surface area contributed by atoms with Crippen LogP contribution in [0, 0.1) is 5.92 Å². The van der Waals surface area contributed by atoms with E-state index in [0.717, 1.165) is 22.6 Å². The lowest BCUT2D eigenvalue weighted by Gasteiger charge is -2.24. The van der Waals surface area contributed by atoms with Gasteiger partial charge in [-0.25, -0.2) is 4.79 Å². The molecule has 26 heavy (non-hydrogen) atoms. The van der Waals surface area contributed by atoms with E-state index < -0.39 is 0 Å². The van der Waals surface area contributed by atoms with Crippen molar-refractivity contribution in [1.29, 1.82) is 0 Å². The smallest absolute Gasteiger partial charge is 0.410 e. The molecule has 0 aliphatic carbocycles. The molecule has 2 heterocycles. The van der Waals surface area contributed by atoms with Gasteiger partial charge in [-0.3, -0.25) is 4.79 Å². The Morgan fingerprint density at radius 1 is 1.15 bits per heavy atom. The number of anilines is 1. The van der Waals surface area contributed by atoms with Gasteiger partial charge in [-0.15, -0.1) is 0 Å². The van der Waals surface area contributed by atoms with Gasteiger partial charge in [-0.1, -0.05) is 30.3 Å². The first kappa shape index (κ1) is 16.4. The fraction of sp³-hybridized carbons (Fsp3) is 0.300. The van der Waals surface area contributed by atoms with Crippen molar-refractivity contribution >= 4 is 17.7 Å². The molecule has 134 valence electrons. The maximum atomic E-state index is 12.6. The SMILES string of the molecule is O=C(Nc1cccc(CN2CCOC2=O)c1)[C@@H]1COc2ccccc2C1. The number of carbonyl (C=O) groups is 2. The third kappa shape index (κ3) is 3.49. The summed E-state index contributed by atoms with van der Waals surface area (Å²) in [5.41, 5.74) is 2.73. The number of nitrogens with zero attached hydrogens (tertiary/aromatic N) is 1. The van der Waals surface area contributed by atoms with Crippen molar-refractivity contribution in [1.82, 2.24) is 4.90 Å². The molecule has 0 unspecified atom stereocenters. The Bertz CT molecular complexity index is 836. The molecule has 0 aromatic heterocycles. The number of ether oxygens (including phenoxy) is 2. The van der Waals surface area contributed by atoms with E-state index in [2.05, 4.69) is 5.32 Å². The van der Waals surface area contributed by atoms with Crippen LogP contribution < -0.4 is 10.1 Å². The van der Waals surface area contributed by atoms with Crippen LogP contribution in [0.3, 0.4) is 0 Å². The second-order valence-corrected chi connectivity index (χ2v) is 6.55. The molecule has 2 aromatic rings. The largest absolute Gasteiger partial charge is 0.492 e. The third-order valence-electron chi connectivity index (χ3n) is 4.66. The standard InChI is InChI=1S/C20H20N2O4/c23-19(16-11-15-5-1-2-7-18(15)26-13-16)21-17-6-3-4-14(10-17)12-22-8-9-25-20(22)24/h1-7,10,16H,8-9,11-13H2,(H,21,23)/t16-/m0/s1. The van der Waals surface area contributed by atoms with Crippen LogP contribution in [0.4, 0.5) is 10.5 Å². The van der Waals surface area contributed by atoms with Crippen LogP contribution in [-0.2, 0) is 22.5 Å². The molecule has 2 aromatic carbocycles. The van der Waals surface area contributed by atoms with Crippen molar-refractivity contribution in [3.05, 3.63) is 59.7 Å². The summed E-state index contributed by atoms with van der Waals surface area (Å²) in [6, 6.07) is 15.3. The number of rotatable bonds is 4. The Balaban J connectivity index is 1.40. The van der Waals surface area contributed by atoms with Gasteiger partial charge in [-0.05, 0) is 35.7 Å². The number of carbonyl (C=O) groups excluding carboxylic acids is 2. The Labute approximate surface area is 151 Å². The number of benzene rings is 2. The Kier molecular flexibility index (Phi) is 4.48. The summed E-state index contributed by atoms with van der Waals surface area (Å²) in [5, 5.41) is 2.97. The molecular weight excluding hydrogens is 332 g/mol. The minimum atomic E-state index is -0.294. The minimum Gasteiger partial charge on any atom is -0.492 e. The monoisotopic (exact) mass is 352 g/mol. The highest BCUT2D eigenvalue weighted by Gasteiger charge is 2.26. The average molecular weight is 352 g/mol. The van der Waals surface area contributed by atoms with Crippen molar-refractivity contribution in [2.45, 2.75) is 13.0 Å². The van der Waals surface area contributed by atoms with Gasteiger partial charge in [-0.2, -0.15) is 0 Å². The number of para-hydroxylation sites is 1. The van der Waals surface area contributed by atoms with Gasteiger partial charge in [0.2, 0.25) is 5.91 Å². The van der Waals surface area contributed by atoms with E-state index in [-0.39, 0.29) is 17.9 Å².